The Balaban J connectivity index is 2.28. The molecule has 18 heavy (non-hydrogen) atoms. The Kier molecular flexibility index (Phi) is 3.15. The van der Waals surface area contributed by atoms with E-state index in [9.17, 15) is 9.59 Å². The van der Waals surface area contributed by atoms with Gasteiger partial charge in [-0.25, -0.2) is 4.79 Å². The van der Waals surface area contributed by atoms with E-state index in [-0.39, 0.29) is 18.4 Å². The van der Waals surface area contributed by atoms with Crippen LogP contribution in [-0.2, 0) is 11.3 Å². The van der Waals surface area contributed by atoms with Gasteiger partial charge >= 0.3 is 6.03 Å². The first kappa shape index (κ1) is 11.9. The highest BCUT2D eigenvalue weighted by atomic mass is 16.2. The van der Waals surface area contributed by atoms with Crippen LogP contribution in [0.2, 0.25) is 0 Å². The zero-order valence-corrected chi connectivity index (χ0v) is 9.86. The van der Waals surface area contributed by atoms with Gasteiger partial charge in [0, 0.05) is 24.0 Å². The minimum absolute atomic E-state index is 0.178. The minimum Gasteiger partial charge on any atom is -0.325 e. The Bertz CT molecular complexity index is 547. The number of carbonyl (C=O) groups excluding carboxylic acids is 2. The van der Waals surface area contributed by atoms with Crippen molar-refractivity contribution in [3.63, 3.8) is 0 Å². The summed E-state index contributed by atoms with van der Waals surface area (Å²) in [5.74, 6) is -0.356. The molecule has 0 unspecified atom stereocenters. The number of amides is 3. The standard InChI is InChI=1S/C12H12N4O2/c1-16-7-8-9(14-11(17)5-6-13)3-2-4-10(8)15-12(16)18/h2-4H,5,7H2,1H3,(H,14,17)(H,15,18). The second-order valence-corrected chi connectivity index (χ2v) is 4.00. The SMILES string of the molecule is CN1Cc2c(NC(=O)CC#N)cccc2NC1=O. The number of benzene rings is 1. The first-order valence-corrected chi connectivity index (χ1v) is 5.42. The first-order valence-electron chi connectivity index (χ1n) is 5.42. The lowest BCUT2D eigenvalue weighted by Crippen LogP contribution is -2.36. The van der Waals surface area contributed by atoms with Crippen molar-refractivity contribution in [3.05, 3.63) is 23.8 Å². The van der Waals surface area contributed by atoms with Gasteiger partial charge in [-0.05, 0) is 12.1 Å². The van der Waals surface area contributed by atoms with Crippen LogP contribution >= 0.6 is 0 Å². The summed E-state index contributed by atoms with van der Waals surface area (Å²) in [7, 11) is 1.67. The maximum absolute atomic E-state index is 11.5. The molecule has 0 fully saturated rings. The molecule has 0 atom stereocenters. The van der Waals surface area contributed by atoms with Crippen molar-refractivity contribution in [2.45, 2.75) is 13.0 Å². The highest BCUT2D eigenvalue weighted by Crippen LogP contribution is 2.29. The zero-order chi connectivity index (χ0) is 13.1. The molecule has 0 bridgehead atoms. The molecule has 1 aromatic rings. The average molecular weight is 244 g/mol. The normalized spacial score (nSPS) is 13.3. The van der Waals surface area contributed by atoms with Gasteiger partial charge in [0.25, 0.3) is 0 Å². The minimum atomic E-state index is -0.356. The summed E-state index contributed by atoms with van der Waals surface area (Å²) in [4.78, 5) is 24.4. The van der Waals surface area contributed by atoms with Gasteiger partial charge in [-0.3, -0.25) is 4.79 Å². The number of nitrogens with one attached hydrogen (secondary N) is 2. The lowest BCUT2D eigenvalue weighted by atomic mass is 10.1. The lowest BCUT2D eigenvalue weighted by molar-refractivity contribution is -0.115. The van der Waals surface area contributed by atoms with Crippen molar-refractivity contribution in [2.75, 3.05) is 17.7 Å². The summed E-state index contributed by atoms with van der Waals surface area (Å²) in [5.41, 5.74) is 2.15. The van der Waals surface area contributed by atoms with E-state index in [0.29, 0.717) is 17.9 Å². The van der Waals surface area contributed by atoms with Crippen molar-refractivity contribution < 1.29 is 9.59 Å². The van der Waals surface area contributed by atoms with E-state index in [2.05, 4.69) is 10.6 Å². The summed E-state index contributed by atoms with van der Waals surface area (Å²) in [6, 6.07) is 6.88. The Morgan fingerprint density at radius 2 is 2.39 bits per heavy atom. The van der Waals surface area contributed by atoms with Crippen molar-refractivity contribution in [3.8, 4) is 6.07 Å². The van der Waals surface area contributed by atoms with Gasteiger partial charge < -0.3 is 15.5 Å². The fourth-order valence-electron chi connectivity index (χ4n) is 1.78. The van der Waals surface area contributed by atoms with Crippen LogP contribution in [0.5, 0.6) is 0 Å². The number of urea groups is 1. The maximum atomic E-state index is 11.5. The molecule has 0 aromatic heterocycles. The number of nitriles is 1. The van der Waals surface area contributed by atoms with E-state index in [0.717, 1.165) is 5.56 Å². The molecule has 6 heteroatoms. The third kappa shape index (κ3) is 2.25. The molecule has 1 heterocycles. The van der Waals surface area contributed by atoms with Crippen LogP contribution in [0.1, 0.15) is 12.0 Å². The van der Waals surface area contributed by atoms with Crippen molar-refractivity contribution in [1.82, 2.24) is 4.90 Å². The van der Waals surface area contributed by atoms with E-state index in [1.807, 2.05) is 0 Å². The molecule has 0 spiro atoms. The van der Waals surface area contributed by atoms with Crippen molar-refractivity contribution >= 4 is 23.3 Å². The fraction of sp³-hybridized carbons (Fsp3) is 0.250. The quantitative estimate of drug-likeness (QED) is 0.827. The van der Waals surface area contributed by atoms with E-state index in [4.69, 9.17) is 5.26 Å². The summed E-state index contributed by atoms with van der Waals surface area (Å²) < 4.78 is 0. The van der Waals surface area contributed by atoms with Crippen LogP contribution in [-0.4, -0.2) is 23.9 Å². The fourth-order valence-corrected chi connectivity index (χ4v) is 1.78. The van der Waals surface area contributed by atoms with Gasteiger partial charge in [0.05, 0.1) is 12.6 Å². The molecule has 2 rings (SSSR count). The third-order valence-electron chi connectivity index (χ3n) is 2.67. The number of rotatable bonds is 2. The van der Waals surface area contributed by atoms with E-state index >= 15 is 0 Å². The molecule has 1 aliphatic heterocycles. The molecule has 1 aliphatic rings. The van der Waals surface area contributed by atoms with Gasteiger partial charge in [0.1, 0.15) is 6.42 Å². The Hall–Kier alpha value is -2.55. The smallest absolute Gasteiger partial charge is 0.321 e. The molecule has 0 saturated carbocycles. The summed E-state index contributed by atoms with van der Waals surface area (Å²) >= 11 is 0. The van der Waals surface area contributed by atoms with E-state index < -0.39 is 0 Å². The number of hydrogen-bond acceptors (Lipinski definition) is 3. The number of nitrogens with zero attached hydrogens (tertiary/aromatic N) is 2. The largest absolute Gasteiger partial charge is 0.325 e. The van der Waals surface area contributed by atoms with Gasteiger partial charge in [-0.1, -0.05) is 6.07 Å². The van der Waals surface area contributed by atoms with Gasteiger partial charge in [-0.2, -0.15) is 5.26 Å². The molecule has 2 N–H and O–H groups in total. The molecule has 6 nitrogen and oxygen atoms in total. The summed E-state index contributed by atoms with van der Waals surface area (Å²) in [6.45, 7) is 0.421. The Morgan fingerprint density at radius 3 is 3.11 bits per heavy atom. The number of fused-ring (bicyclic) bond motifs is 1. The number of hydrogen-bond donors (Lipinski definition) is 2. The second kappa shape index (κ2) is 4.75. The van der Waals surface area contributed by atoms with Gasteiger partial charge in [0.15, 0.2) is 0 Å². The summed E-state index contributed by atoms with van der Waals surface area (Å²) in [5, 5.41) is 13.8. The highest BCUT2D eigenvalue weighted by molar-refractivity contribution is 5.97. The summed E-state index contributed by atoms with van der Waals surface area (Å²) in [6.07, 6.45) is -0.189. The van der Waals surface area contributed by atoms with Crippen molar-refractivity contribution in [1.29, 1.82) is 5.26 Å². The Labute approximate surface area is 104 Å². The van der Waals surface area contributed by atoms with Crippen LogP contribution in [0.25, 0.3) is 0 Å². The van der Waals surface area contributed by atoms with Crippen LogP contribution in [0.4, 0.5) is 16.2 Å². The van der Waals surface area contributed by atoms with Gasteiger partial charge in [0.2, 0.25) is 5.91 Å². The van der Waals surface area contributed by atoms with Crippen LogP contribution < -0.4 is 10.6 Å². The predicted octanol–water partition coefficient (Wildman–Crippen LogP) is 1.52. The monoisotopic (exact) mass is 244 g/mol. The first-order chi connectivity index (χ1) is 8.61. The zero-order valence-electron chi connectivity index (χ0n) is 9.86. The van der Waals surface area contributed by atoms with E-state index in [1.165, 1.54) is 4.90 Å². The predicted molar refractivity (Wildman–Crippen MR) is 65.8 cm³/mol. The topological polar surface area (TPSA) is 85.2 Å². The molecule has 1 aromatic carbocycles. The van der Waals surface area contributed by atoms with Crippen molar-refractivity contribution in [2.24, 2.45) is 0 Å². The van der Waals surface area contributed by atoms with Crippen LogP contribution in [0.15, 0.2) is 18.2 Å². The van der Waals surface area contributed by atoms with Crippen LogP contribution in [0.3, 0.4) is 0 Å². The Morgan fingerprint density at radius 1 is 1.61 bits per heavy atom. The highest BCUT2D eigenvalue weighted by Gasteiger charge is 2.21. The third-order valence-corrected chi connectivity index (χ3v) is 2.67. The molecule has 0 radical (unpaired) electrons. The molecular formula is C12H12N4O2. The molecule has 0 saturated heterocycles. The molecule has 3 amide bonds. The lowest BCUT2D eigenvalue weighted by Gasteiger charge is -2.27. The molecule has 92 valence electrons. The molecule has 0 aliphatic carbocycles. The number of anilines is 2. The maximum Gasteiger partial charge on any atom is 0.321 e. The van der Waals surface area contributed by atoms with Gasteiger partial charge in [-0.15, -0.1) is 0 Å². The second-order valence-electron chi connectivity index (χ2n) is 4.00. The average Bonchev–Trinajstić information content (AvgIpc) is 2.32. The van der Waals surface area contributed by atoms with Crippen LogP contribution in [0, 0.1) is 11.3 Å². The molecular weight excluding hydrogens is 232 g/mol. The van der Waals surface area contributed by atoms with E-state index in [1.54, 1.807) is 31.3 Å². The number of carbonyl (C=O) groups is 2.